The summed E-state index contributed by atoms with van der Waals surface area (Å²) in [6.07, 6.45) is 47.2. The lowest BCUT2D eigenvalue weighted by Crippen LogP contribution is -2.45. The molecule has 0 saturated heterocycles. The Morgan fingerprint density at radius 1 is 0.648 bits per heavy atom. The zero-order valence-electron chi connectivity index (χ0n) is 35.4. The van der Waals surface area contributed by atoms with Gasteiger partial charge in [-0.05, 0) is 64.2 Å². The van der Waals surface area contributed by atoms with Gasteiger partial charge in [0.15, 0.2) is 0 Å². The molecule has 2 N–H and O–H groups in total. The summed E-state index contributed by atoms with van der Waals surface area (Å²) in [4.78, 5) is 25.2. The summed E-state index contributed by atoms with van der Waals surface area (Å²) >= 11 is 0. The van der Waals surface area contributed by atoms with E-state index in [2.05, 4.69) is 61.7 Å². The van der Waals surface area contributed by atoms with E-state index in [4.69, 9.17) is 9.05 Å². The third kappa shape index (κ3) is 38.5. The SMILES string of the molecule is CCCCCCCC/C=C\C/C=C\CCC(=O)NC(COP(=O)([O-])OCC[N+](C)(C)C)C(O)/C=C/CC/C=C/CC/C=C/CCCCCCCCCCC. The number of aliphatic hydroxyl groups is 1. The van der Waals surface area contributed by atoms with E-state index >= 15 is 0 Å². The smallest absolute Gasteiger partial charge is 0.268 e. The standard InChI is InChI=1S/C45H83N2O6P/c1-6-8-10-12-14-16-18-20-21-22-23-24-25-27-28-30-32-34-36-38-44(48)43(42-53-54(50,51)52-41-40-47(3,4)5)46-45(49)39-37-35-33-31-29-26-19-17-15-13-11-9-7-2/h23-24,26,28-30,33,35-36,38,43-44,48H,6-22,25,27,31-32,34,37,39-42H2,1-5H3,(H-,46,49,50,51)/b24-23+,29-26-,30-28+,35-33-,38-36+. The molecule has 0 saturated carbocycles. The van der Waals surface area contributed by atoms with Crippen LogP contribution in [0.2, 0.25) is 0 Å². The van der Waals surface area contributed by atoms with Crippen LogP contribution in [0.5, 0.6) is 0 Å². The first-order valence-corrected chi connectivity index (χ1v) is 23.1. The molecule has 0 aromatic rings. The fraction of sp³-hybridized carbons (Fsp3) is 0.756. The molecule has 0 aliphatic rings. The summed E-state index contributed by atoms with van der Waals surface area (Å²) in [7, 11) is 1.19. The minimum absolute atomic E-state index is 0.0203. The Bertz CT molecular complexity index is 1060. The van der Waals surface area contributed by atoms with Crippen molar-refractivity contribution < 1.29 is 32.9 Å². The molecule has 0 bridgehead atoms. The van der Waals surface area contributed by atoms with Crippen molar-refractivity contribution in [3.05, 3.63) is 60.8 Å². The van der Waals surface area contributed by atoms with Crippen molar-refractivity contribution in [2.45, 2.75) is 180 Å². The summed E-state index contributed by atoms with van der Waals surface area (Å²) in [6, 6.07) is -0.940. The molecule has 314 valence electrons. The third-order valence-electron chi connectivity index (χ3n) is 9.19. The topological polar surface area (TPSA) is 108 Å². The van der Waals surface area contributed by atoms with E-state index in [0.29, 0.717) is 17.4 Å². The summed E-state index contributed by atoms with van der Waals surface area (Å²) in [5.74, 6) is -0.281. The number of hydrogen-bond donors (Lipinski definition) is 2. The second-order valence-electron chi connectivity index (χ2n) is 15.7. The van der Waals surface area contributed by atoms with Gasteiger partial charge in [0.2, 0.25) is 5.91 Å². The highest BCUT2D eigenvalue weighted by molar-refractivity contribution is 7.45. The Morgan fingerprint density at radius 2 is 1.09 bits per heavy atom. The summed E-state index contributed by atoms with van der Waals surface area (Å²) in [5.41, 5.74) is 0. The average Bonchev–Trinajstić information content (AvgIpc) is 3.12. The number of hydrogen-bond acceptors (Lipinski definition) is 6. The highest BCUT2D eigenvalue weighted by Crippen LogP contribution is 2.38. The third-order valence-corrected chi connectivity index (χ3v) is 10.2. The number of carbonyl (C=O) groups is 1. The van der Waals surface area contributed by atoms with Gasteiger partial charge in [0.1, 0.15) is 13.2 Å². The molecule has 9 heteroatoms. The first-order chi connectivity index (χ1) is 26.0. The number of aliphatic hydroxyl groups excluding tert-OH is 1. The van der Waals surface area contributed by atoms with Gasteiger partial charge in [0.05, 0.1) is 39.9 Å². The Balaban J connectivity index is 4.61. The van der Waals surface area contributed by atoms with Crippen LogP contribution in [0.25, 0.3) is 0 Å². The highest BCUT2D eigenvalue weighted by Gasteiger charge is 2.23. The summed E-state index contributed by atoms with van der Waals surface area (Å²) in [6.45, 7) is 4.54. The van der Waals surface area contributed by atoms with E-state index < -0.39 is 26.6 Å². The molecule has 8 nitrogen and oxygen atoms in total. The first kappa shape index (κ1) is 52.2. The molecular formula is C45H83N2O6P. The van der Waals surface area contributed by atoms with E-state index in [1.54, 1.807) is 6.08 Å². The number of nitrogens with zero attached hydrogens (tertiary/aromatic N) is 1. The number of carbonyl (C=O) groups excluding carboxylic acids is 1. The number of amides is 1. The maximum absolute atomic E-state index is 12.8. The minimum Gasteiger partial charge on any atom is -0.756 e. The van der Waals surface area contributed by atoms with Crippen LogP contribution in [0.3, 0.4) is 0 Å². The molecule has 0 aliphatic carbocycles. The molecule has 3 atom stereocenters. The molecule has 0 aliphatic heterocycles. The second-order valence-corrected chi connectivity index (χ2v) is 17.1. The van der Waals surface area contributed by atoms with Crippen LogP contribution >= 0.6 is 7.82 Å². The largest absolute Gasteiger partial charge is 0.756 e. The molecule has 0 rings (SSSR count). The van der Waals surface area contributed by atoms with Crippen LogP contribution in [-0.2, 0) is 18.4 Å². The summed E-state index contributed by atoms with van der Waals surface area (Å²) in [5, 5.41) is 13.7. The number of phosphoric acid groups is 1. The van der Waals surface area contributed by atoms with Crippen LogP contribution < -0.4 is 10.2 Å². The van der Waals surface area contributed by atoms with Crippen molar-refractivity contribution in [1.82, 2.24) is 5.32 Å². The average molecular weight is 779 g/mol. The van der Waals surface area contributed by atoms with Gasteiger partial charge in [0, 0.05) is 6.42 Å². The number of phosphoric ester groups is 1. The van der Waals surface area contributed by atoms with E-state index in [-0.39, 0.29) is 18.9 Å². The fourth-order valence-electron chi connectivity index (χ4n) is 5.70. The number of allylic oxidation sites excluding steroid dienone is 9. The van der Waals surface area contributed by atoms with E-state index in [1.807, 2.05) is 33.3 Å². The van der Waals surface area contributed by atoms with Gasteiger partial charge in [-0.3, -0.25) is 9.36 Å². The number of likely N-dealkylation sites (N-methyl/N-ethyl adjacent to an activating group) is 1. The normalized spacial score (nSPS) is 15.0. The van der Waals surface area contributed by atoms with Crippen molar-refractivity contribution >= 4 is 13.7 Å². The molecule has 0 radical (unpaired) electrons. The number of nitrogens with one attached hydrogen (secondary N) is 1. The molecule has 0 aromatic heterocycles. The molecule has 0 aromatic carbocycles. The van der Waals surface area contributed by atoms with Gasteiger partial charge in [-0.15, -0.1) is 0 Å². The Labute approximate surface area is 332 Å². The zero-order chi connectivity index (χ0) is 40.0. The van der Waals surface area contributed by atoms with E-state index in [0.717, 1.165) is 38.5 Å². The molecule has 0 spiro atoms. The van der Waals surface area contributed by atoms with Crippen molar-refractivity contribution in [2.75, 3.05) is 40.9 Å². The van der Waals surface area contributed by atoms with Crippen molar-refractivity contribution in [3.63, 3.8) is 0 Å². The number of quaternary nitrogens is 1. The predicted octanol–water partition coefficient (Wildman–Crippen LogP) is 11.2. The van der Waals surface area contributed by atoms with E-state index in [9.17, 15) is 19.4 Å². The maximum atomic E-state index is 12.8. The van der Waals surface area contributed by atoms with Crippen LogP contribution in [0, 0.1) is 0 Å². The highest BCUT2D eigenvalue weighted by atomic mass is 31.2. The Morgan fingerprint density at radius 3 is 1.61 bits per heavy atom. The number of rotatable bonds is 38. The van der Waals surface area contributed by atoms with Gasteiger partial charge in [-0.2, -0.15) is 0 Å². The lowest BCUT2D eigenvalue weighted by Gasteiger charge is -2.29. The molecular weight excluding hydrogens is 695 g/mol. The lowest BCUT2D eigenvalue weighted by molar-refractivity contribution is -0.870. The van der Waals surface area contributed by atoms with Gasteiger partial charge < -0.3 is 28.8 Å². The Kier molecular flexibility index (Phi) is 35.6. The van der Waals surface area contributed by atoms with Crippen molar-refractivity contribution in [2.24, 2.45) is 0 Å². The van der Waals surface area contributed by atoms with Crippen LogP contribution in [0.15, 0.2) is 60.8 Å². The molecule has 3 unspecified atom stereocenters. The van der Waals surface area contributed by atoms with Crippen LogP contribution in [0.4, 0.5) is 0 Å². The molecule has 1 amide bonds. The quantitative estimate of drug-likeness (QED) is 0.0280. The van der Waals surface area contributed by atoms with Gasteiger partial charge in [-0.25, -0.2) is 0 Å². The fourth-order valence-corrected chi connectivity index (χ4v) is 6.43. The van der Waals surface area contributed by atoms with Crippen LogP contribution in [-0.4, -0.2) is 68.5 Å². The van der Waals surface area contributed by atoms with Gasteiger partial charge in [0.25, 0.3) is 7.82 Å². The predicted molar refractivity (Wildman–Crippen MR) is 228 cm³/mol. The minimum atomic E-state index is -4.61. The van der Waals surface area contributed by atoms with Crippen molar-refractivity contribution in [3.8, 4) is 0 Å². The first-order valence-electron chi connectivity index (χ1n) is 21.7. The maximum Gasteiger partial charge on any atom is 0.268 e. The van der Waals surface area contributed by atoms with Gasteiger partial charge in [-0.1, -0.05) is 158 Å². The number of unbranched alkanes of at least 4 members (excludes halogenated alkanes) is 17. The second kappa shape index (κ2) is 36.8. The zero-order valence-corrected chi connectivity index (χ0v) is 36.3. The molecule has 0 heterocycles. The van der Waals surface area contributed by atoms with Crippen LogP contribution in [0.1, 0.15) is 168 Å². The molecule has 0 fully saturated rings. The molecule has 54 heavy (non-hydrogen) atoms. The monoisotopic (exact) mass is 779 g/mol. The summed E-state index contributed by atoms with van der Waals surface area (Å²) < 4.78 is 23.1. The van der Waals surface area contributed by atoms with Crippen molar-refractivity contribution in [1.29, 1.82) is 0 Å². The Hall–Kier alpha value is -1.80. The van der Waals surface area contributed by atoms with E-state index in [1.165, 1.54) is 103 Å². The van der Waals surface area contributed by atoms with Gasteiger partial charge >= 0.3 is 0 Å². The lowest BCUT2D eigenvalue weighted by atomic mass is 10.1.